The number of nitrogens with zero attached hydrogens (tertiary/aromatic N) is 5. The maximum absolute atomic E-state index is 12.6. The van der Waals surface area contributed by atoms with Gasteiger partial charge in [0.1, 0.15) is 6.54 Å². The van der Waals surface area contributed by atoms with E-state index in [2.05, 4.69) is 4.98 Å². The van der Waals surface area contributed by atoms with Gasteiger partial charge in [-0.25, -0.2) is 9.78 Å². The molecule has 9 heteroatoms. The van der Waals surface area contributed by atoms with E-state index in [0.717, 1.165) is 11.0 Å². The Labute approximate surface area is 138 Å². The molecule has 0 spiro atoms. The topological polar surface area (TPSA) is 91.4 Å². The summed E-state index contributed by atoms with van der Waals surface area (Å²) in [5.74, 6) is -0.0908. The van der Waals surface area contributed by atoms with E-state index in [1.807, 2.05) is 6.92 Å². The van der Waals surface area contributed by atoms with Crippen LogP contribution in [0.1, 0.15) is 13.3 Å². The molecule has 3 rings (SSSR count). The minimum Gasteiger partial charge on any atom is -0.375 e. The lowest BCUT2D eigenvalue weighted by Gasteiger charge is -2.32. The summed E-state index contributed by atoms with van der Waals surface area (Å²) in [6.07, 6.45) is 2.33. The molecule has 9 nitrogen and oxygen atoms in total. The highest BCUT2D eigenvalue weighted by Gasteiger charge is 2.24. The first-order valence-corrected chi connectivity index (χ1v) is 7.94. The molecule has 1 aliphatic heterocycles. The molecule has 2 aromatic rings. The van der Waals surface area contributed by atoms with E-state index >= 15 is 0 Å². The Kier molecular flexibility index (Phi) is 4.27. The Morgan fingerprint density at radius 3 is 2.79 bits per heavy atom. The van der Waals surface area contributed by atoms with E-state index in [-0.39, 0.29) is 29.7 Å². The monoisotopic (exact) mass is 335 g/mol. The number of hydrogen-bond acceptors (Lipinski definition) is 5. The molecule has 0 aromatic carbocycles. The lowest BCUT2D eigenvalue weighted by Crippen LogP contribution is -2.46. The predicted octanol–water partition coefficient (Wildman–Crippen LogP) is -0.929. The summed E-state index contributed by atoms with van der Waals surface area (Å²) in [5, 5.41) is 0. The van der Waals surface area contributed by atoms with Crippen LogP contribution in [0.2, 0.25) is 0 Å². The number of carbonyl (C=O) groups excluding carboxylic acids is 1. The fourth-order valence-corrected chi connectivity index (χ4v) is 2.96. The molecular weight excluding hydrogens is 314 g/mol. The van der Waals surface area contributed by atoms with Crippen molar-refractivity contribution >= 4 is 17.1 Å². The summed E-state index contributed by atoms with van der Waals surface area (Å²) < 4.78 is 9.41. The molecule has 1 aliphatic rings. The van der Waals surface area contributed by atoms with E-state index in [0.29, 0.717) is 19.7 Å². The molecule has 0 aliphatic carbocycles. The smallest absolute Gasteiger partial charge is 0.332 e. The average Bonchev–Trinajstić information content (AvgIpc) is 3.01. The van der Waals surface area contributed by atoms with Crippen LogP contribution in [0.4, 0.5) is 0 Å². The third-order valence-electron chi connectivity index (χ3n) is 4.47. The van der Waals surface area contributed by atoms with E-state index in [4.69, 9.17) is 4.74 Å². The first-order valence-electron chi connectivity index (χ1n) is 7.94. The molecule has 0 radical (unpaired) electrons. The fourth-order valence-electron chi connectivity index (χ4n) is 2.96. The zero-order chi connectivity index (χ0) is 17.4. The van der Waals surface area contributed by atoms with Gasteiger partial charge >= 0.3 is 5.69 Å². The van der Waals surface area contributed by atoms with Gasteiger partial charge in [0.15, 0.2) is 11.2 Å². The van der Waals surface area contributed by atoms with Crippen LogP contribution in [-0.4, -0.2) is 55.3 Å². The number of aryl methyl sites for hydroxylation is 1. The molecule has 0 saturated carbocycles. The van der Waals surface area contributed by atoms with Crippen LogP contribution in [0.25, 0.3) is 11.2 Å². The highest BCUT2D eigenvalue weighted by molar-refractivity contribution is 5.79. The number of rotatable bonds is 3. The Morgan fingerprint density at radius 2 is 2.08 bits per heavy atom. The number of ether oxygens (including phenoxy) is 1. The SMILES string of the molecule is CCC1CN(C(=O)Cn2cnc3c2c(=O)n(C)c(=O)n3C)CCO1. The first-order chi connectivity index (χ1) is 11.4. The quantitative estimate of drug-likeness (QED) is 0.723. The normalized spacial score (nSPS) is 18.3. The summed E-state index contributed by atoms with van der Waals surface area (Å²) in [6.45, 7) is 3.65. The van der Waals surface area contributed by atoms with Gasteiger partial charge in [0.2, 0.25) is 5.91 Å². The number of imidazole rings is 1. The highest BCUT2D eigenvalue weighted by Crippen LogP contribution is 2.11. The van der Waals surface area contributed by atoms with Crippen molar-refractivity contribution in [3.8, 4) is 0 Å². The average molecular weight is 335 g/mol. The molecule has 1 fully saturated rings. The summed E-state index contributed by atoms with van der Waals surface area (Å²) >= 11 is 0. The van der Waals surface area contributed by atoms with Gasteiger partial charge in [0.05, 0.1) is 19.0 Å². The lowest BCUT2D eigenvalue weighted by molar-refractivity contribution is -0.139. The molecule has 0 bridgehead atoms. The van der Waals surface area contributed by atoms with Gasteiger partial charge in [-0.05, 0) is 6.42 Å². The second kappa shape index (κ2) is 6.23. The van der Waals surface area contributed by atoms with E-state index in [1.54, 1.807) is 11.9 Å². The first kappa shape index (κ1) is 16.4. The van der Waals surface area contributed by atoms with Gasteiger partial charge in [0, 0.05) is 27.2 Å². The zero-order valence-corrected chi connectivity index (χ0v) is 14.1. The summed E-state index contributed by atoms with van der Waals surface area (Å²) in [7, 11) is 2.97. The Balaban J connectivity index is 1.92. The Morgan fingerprint density at radius 1 is 1.33 bits per heavy atom. The molecule has 3 heterocycles. The van der Waals surface area contributed by atoms with Crippen molar-refractivity contribution in [2.45, 2.75) is 26.0 Å². The molecule has 1 amide bonds. The van der Waals surface area contributed by atoms with Crippen LogP contribution in [0.5, 0.6) is 0 Å². The van der Waals surface area contributed by atoms with E-state index in [9.17, 15) is 14.4 Å². The fraction of sp³-hybridized carbons (Fsp3) is 0.600. The number of aromatic nitrogens is 4. The maximum Gasteiger partial charge on any atom is 0.332 e. The van der Waals surface area contributed by atoms with Crippen LogP contribution < -0.4 is 11.2 Å². The van der Waals surface area contributed by atoms with Crippen molar-refractivity contribution in [1.82, 2.24) is 23.6 Å². The Bertz CT molecular complexity index is 894. The summed E-state index contributed by atoms with van der Waals surface area (Å²) in [5.41, 5.74) is -0.354. The van der Waals surface area contributed by atoms with Crippen molar-refractivity contribution in [1.29, 1.82) is 0 Å². The predicted molar refractivity (Wildman–Crippen MR) is 86.8 cm³/mol. The Hall–Kier alpha value is -2.42. The largest absolute Gasteiger partial charge is 0.375 e. The molecule has 1 unspecified atom stereocenters. The van der Waals surface area contributed by atoms with Gasteiger partial charge in [0.25, 0.3) is 5.56 Å². The van der Waals surface area contributed by atoms with Crippen molar-refractivity contribution in [2.75, 3.05) is 19.7 Å². The zero-order valence-electron chi connectivity index (χ0n) is 14.1. The maximum atomic E-state index is 12.6. The number of hydrogen-bond donors (Lipinski definition) is 0. The second-order valence-corrected chi connectivity index (χ2v) is 5.99. The third-order valence-corrected chi connectivity index (χ3v) is 4.47. The van der Waals surface area contributed by atoms with Gasteiger partial charge < -0.3 is 14.2 Å². The number of morpholine rings is 1. The number of fused-ring (bicyclic) bond motifs is 1. The molecular formula is C15H21N5O4. The molecule has 1 saturated heterocycles. The third kappa shape index (κ3) is 2.64. The van der Waals surface area contributed by atoms with Crippen LogP contribution in [0.3, 0.4) is 0 Å². The van der Waals surface area contributed by atoms with Gasteiger partial charge in [-0.3, -0.25) is 18.7 Å². The van der Waals surface area contributed by atoms with Gasteiger partial charge in [-0.2, -0.15) is 0 Å². The van der Waals surface area contributed by atoms with Crippen LogP contribution >= 0.6 is 0 Å². The van der Waals surface area contributed by atoms with Crippen LogP contribution in [0.15, 0.2) is 15.9 Å². The van der Waals surface area contributed by atoms with Crippen molar-refractivity contribution in [3.05, 3.63) is 27.2 Å². The summed E-state index contributed by atoms with van der Waals surface area (Å²) in [6, 6.07) is 0. The minimum absolute atomic E-state index is 0.0143. The lowest BCUT2D eigenvalue weighted by atomic mass is 10.2. The van der Waals surface area contributed by atoms with Crippen molar-refractivity contribution < 1.29 is 9.53 Å². The highest BCUT2D eigenvalue weighted by atomic mass is 16.5. The summed E-state index contributed by atoms with van der Waals surface area (Å²) in [4.78, 5) is 42.8. The molecule has 0 N–H and O–H groups in total. The van der Waals surface area contributed by atoms with Crippen LogP contribution in [-0.2, 0) is 30.2 Å². The van der Waals surface area contributed by atoms with Crippen molar-refractivity contribution in [3.63, 3.8) is 0 Å². The number of amides is 1. The minimum atomic E-state index is -0.452. The molecule has 130 valence electrons. The number of carbonyl (C=O) groups is 1. The van der Waals surface area contributed by atoms with Gasteiger partial charge in [-0.15, -0.1) is 0 Å². The van der Waals surface area contributed by atoms with Gasteiger partial charge in [-0.1, -0.05) is 6.92 Å². The standard InChI is InChI=1S/C15H21N5O4/c1-4-10-7-19(5-6-24-10)11(21)8-20-9-16-13-12(20)14(22)18(3)15(23)17(13)2/h9-10H,4-8H2,1-3H3. The van der Waals surface area contributed by atoms with E-state index < -0.39 is 11.2 Å². The molecule has 2 aromatic heterocycles. The van der Waals surface area contributed by atoms with Crippen molar-refractivity contribution in [2.24, 2.45) is 14.1 Å². The molecule has 24 heavy (non-hydrogen) atoms. The second-order valence-electron chi connectivity index (χ2n) is 5.99. The van der Waals surface area contributed by atoms with Crippen LogP contribution in [0, 0.1) is 0 Å². The molecule has 1 atom stereocenters. The van der Waals surface area contributed by atoms with E-state index in [1.165, 1.54) is 22.5 Å².